The number of aliphatic hydroxyl groups excluding tert-OH is 1. The fraction of sp³-hybridized carbons (Fsp3) is 0.468. The zero-order valence-corrected chi connectivity index (χ0v) is 31.9. The van der Waals surface area contributed by atoms with Crippen molar-refractivity contribution >= 4 is 17.7 Å². The number of hydrogen-bond donors (Lipinski definition) is 3. The average Bonchev–Trinajstić information content (AvgIpc) is 3.17. The molecule has 55 heavy (non-hydrogen) atoms. The summed E-state index contributed by atoms with van der Waals surface area (Å²) in [6.45, 7) is 3.72. The lowest BCUT2D eigenvalue weighted by Gasteiger charge is -2.42. The molecule has 6 unspecified atom stereocenters. The predicted octanol–water partition coefficient (Wildman–Crippen LogP) is 7.51. The first kappa shape index (κ1) is 38.6. The van der Waals surface area contributed by atoms with Crippen LogP contribution in [0.3, 0.4) is 0 Å². The maximum absolute atomic E-state index is 14.6. The third-order valence-electron chi connectivity index (χ3n) is 12.3. The monoisotopic (exact) mass is 744 g/mol. The van der Waals surface area contributed by atoms with Crippen molar-refractivity contribution < 1.29 is 39.2 Å². The van der Waals surface area contributed by atoms with E-state index < -0.39 is 35.5 Å². The van der Waals surface area contributed by atoms with Crippen LogP contribution in [-0.2, 0) is 51.4 Å². The van der Waals surface area contributed by atoms with E-state index in [2.05, 4.69) is 30.9 Å². The number of aromatic hydroxyl groups is 1. The molecular weight excluding hydrogens is 693 g/mol. The molecule has 3 aromatic rings. The Labute approximate surface area is 324 Å². The molecule has 8 heteroatoms. The van der Waals surface area contributed by atoms with Crippen LogP contribution in [0.1, 0.15) is 122 Å². The van der Waals surface area contributed by atoms with Gasteiger partial charge in [0.15, 0.2) is 0 Å². The molecule has 8 nitrogen and oxygen atoms in total. The van der Waals surface area contributed by atoms with E-state index in [0.717, 1.165) is 53.5 Å². The third kappa shape index (κ3) is 8.59. The van der Waals surface area contributed by atoms with Crippen molar-refractivity contribution in [3.63, 3.8) is 0 Å². The van der Waals surface area contributed by atoms with Crippen molar-refractivity contribution in [3.05, 3.63) is 105 Å². The molecule has 0 amide bonds. The number of fused-ring (bicyclic) bond motifs is 8. The van der Waals surface area contributed by atoms with Gasteiger partial charge in [0, 0.05) is 41.9 Å². The van der Waals surface area contributed by atoms with Crippen molar-refractivity contribution in [1.82, 2.24) is 0 Å². The minimum absolute atomic E-state index is 0.00208. The molecule has 1 fully saturated rings. The topological polar surface area (TPSA) is 130 Å². The van der Waals surface area contributed by atoms with E-state index in [4.69, 9.17) is 9.47 Å². The second-order valence-corrected chi connectivity index (χ2v) is 16.2. The van der Waals surface area contributed by atoms with Crippen molar-refractivity contribution in [2.45, 2.75) is 127 Å². The van der Waals surface area contributed by atoms with E-state index in [-0.39, 0.29) is 55.0 Å². The molecular formula is C47H52O8. The molecule has 288 valence electrons. The summed E-state index contributed by atoms with van der Waals surface area (Å²) in [6.07, 6.45) is 8.11. The van der Waals surface area contributed by atoms with E-state index in [1.807, 2.05) is 36.4 Å². The van der Waals surface area contributed by atoms with E-state index in [0.29, 0.717) is 55.2 Å². The summed E-state index contributed by atoms with van der Waals surface area (Å²) >= 11 is 0. The Morgan fingerprint density at radius 1 is 0.891 bits per heavy atom. The standard InChI is InChI=1S/C47H52O8/c1-3-4-5-11-31-13-14-33(22-38(31)28-48)32-15-16-34-26-45(51)54-43-27-42(50)37(24-40(34)43)25-44-47(2,53)39-17-18-41(49)36(23-39)20-30-10-6-8-29(19-30)9-7-12-35(21-32)46(52)55-44/h6,8,10,12-14,19,22,24,27,32,34,36,39,44,48,50,53H,3-5,7,9,11,17-18,20-21,23,25-26,28H2,1-2H3. The quantitative estimate of drug-likeness (QED) is 0.102. The minimum Gasteiger partial charge on any atom is -0.508 e. The highest BCUT2D eigenvalue weighted by molar-refractivity contribution is 5.89. The molecule has 0 aromatic heterocycles. The molecule has 4 aliphatic rings. The average molecular weight is 745 g/mol. The molecule has 3 aromatic carbocycles. The number of rotatable bonds is 6. The number of Topliss-reactive ketones (excluding diaryl/α,β-unsaturated/α-hetero) is 1. The van der Waals surface area contributed by atoms with Gasteiger partial charge in [-0.15, -0.1) is 0 Å². The maximum atomic E-state index is 14.6. The summed E-state index contributed by atoms with van der Waals surface area (Å²) in [4.78, 5) is 40.7. The van der Waals surface area contributed by atoms with Gasteiger partial charge in [0.25, 0.3) is 0 Å². The van der Waals surface area contributed by atoms with Gasteiger partial charge in [0.2, 0.25) is 0 Å². The Bertz CT molecular complexity index is 2050. The fourth-order valence-corrected chi connectivity index (χ4v) is 8.96. The molecule has 6 atom stereocenters. The maximum Gasteiger partial charge on any atom is 0.334 e. The number of esters is 2. The number of ketones is 1. The second kappa shape index (κ2) is 16.6. The Morgan fingerprint density at radius 2 is 1.71 bits per heavy atom. The van der Waals surface area contributed by atoms with Crippen LogP contribution < -0.4 is 4.74 Å². The first-order valence-corrected chi connectivity index (χ1v) is 20.0. The molecule has 1 saturated carbocycles. The highest BCUT2D eigenvalue weighted by atomic mass is 16.6. The molecule has 3 aliphatic heterocycles. The highest BCUT2D eigenvalue weighted by Gasteiger charge is 2.46. The number of carbonyl (C=O) groups excluding carboxylic acids is 3. The van der Waals surface area contributed by atoms with Gasteiger partial charge in [0.05, 0.1) is 18.9 Å². The lowest BCUT2D eigenvalue weighted by Crippen LogP contribution is -2.52. The molecule has 0 saturated heterocycles. The van der Waals surface area contributed by atoms with Crippen molar-refractivity contribution in [1.29, 1.82) is 0 Å². The van der Waals surface area contributed by atoms with E-state index in [1.54, 1.807) is 13.0 Å². The summed E-state index contributed by atoms with van der Waals surface area (Å²) < 4.78 is 12.0. The van der Waals surface area contributed by atoms with Gasteiger partial charge in [0.1, 0.15) is 29.0 Å². The highest BCUT2D eigenvalue weighted by Crippen LogP contribution is 2.43. The van der Waals surface area contributed by atoms with Crippen LogP contribution in [0, 0.1) is 23.7 Å². The Kier molecular flexibility index (Phi) is 11.6. The molecule has 0 radical (unpaired) electrons. The molecule has 0 spiro atoms. The summed E-state index contributed by atoms with van der Waals surface area (Å²) in [7, 11) is 0. The van der Waals surface area contributed by atoms with Crippen LogP contribution in [-0.4, -0.2) is 44.7 Å². The predicted molar refractivity (Wildman–Crippen MR) is 208 cm³/mol. The Morgan fingerprint density at radius 3 is 2.53 bits per heavy atom. The number of aliphatic hydroxyl groups is 2. The van der Waals surface area contributed by atoms with Crippen LogP contribution in [0.2, 0.25) is 0 Å². The number of phenols is 1. The van der Waals surface area contributed by atoms with Gasteiger partial charge in [-0.05, 0) is 104 Å². The van der Waals surface area contributed by atoms with Gasteiger partial charge in [-0.25, -0.2) is 4.79 Å². The first-order valence-electron chi connectivity index (χ1n) is 20.0. The van der Waals surface area contributed by atoms with Crippen molar-refractivity contribution in [2.75, 3.05) is 0 Å². The van der Waals surface area contributed by atoms with Gasteiger partial charge in [-0.1, -0.05) is 80.1 Å². The summed E-state index contributed by atoms with van der Waals surface area (Å²) in [5.74, 6) is 4.38. The van der Waals surface area contributed by atoms with Gasteiger partial charge in [-0.2, -0.15) is 0 Å². The lowest BCUT2D eigenvalue weighted by molar-refractivity contribution is -0.170. The normalized spacial score (nSPS) is 26.7. The van der Waals surface area contributed by atoms with E-state index in [9.17, 15) is 29.7 Å². The van der Waals surface area contributed by atoms with Crippen LogP contribution in [0.5, 0.6) is 11.5 Å². The fourth-order valence-electron chi connectivity index (χ4n) is 8.96. The zero-order valence-electron chi connectivity index (χ0n) is 31.9. The number of unbranched alkanes of at least 4 members (excludes halogenated alkanes) is 2. The number of aryl methyl sites for hydroxylation is 2. The number of phenolic OH excluding ortho intramolecular Hbond substituents is 1. The SMILES string of the molecule is CCCCCc1ccc(C2C#CC3CC(=O)Oc4cc(O)c(cc43)CC3OC(=O)C(=CCCc4cccc(c4)CC4CC(CCC4=O)C3(C)O)C2)cc1CO. The number of carbonyl (C=O) groups is 3. The third-order valence-corrected chi connectivity index (χ3v) is 12.3. The largest absolute Gasteiger partial charge is 0.508 e. The van der Waals surface area contributed by atoms with Gasteiger partial charge < -0.3 is 24.8 Å². The van der Waals surface area contributed by atoms with Crippen LogP contribution >= 0.6 is 0 Å². The Balaban J connectivity index is 1.37. The zero-order chi connectivity index (χ0) is 38.7. The number of benzene rings is 3. The number of ether oxygens (including phenoxy) is 2. The number of allylic oxidation sites excluding steroid dienone is 1. The van der Waals surface area contributed by atoms with E-state index in [1.165, 1.54) is 6.07 Å². The molecule has 3 heterocycles. The smallest absolute Gasteiger partial charge is 0.334 e. The summed E-state index contributed by atoms with van der Waals surface area (Å²) in [6, 6.07) is 17.5. The van der Waals surface area contributed by atoms with E-state index >= 15 is 0 Å². The molecule has 1 aliphatic carbocycles. The molecule has 8 bridgehead atoms. The second-order valence-electron chi connectivity index (χ2n) is 16.2. The lowest BCUT2D eigenvalue weighted by atomic mass is 9.68. The van der Waals surface area contributed by atoms with Crippen molar-refractivity contribution in [3.8, 4) is 23.3 Å². The van der Waals surface area contributed by atoms with Gasteiger partial charge in [-0.3, -0.25) is 9.59 Å². The van der Waals surface area contributed by atoms with Crippen LogP contribution in [0.4, 0.5) is 0 Å². The van der Waals surface area contributed by atoms with Crippen molar-refractivity contribution in [2.24, 2.45) is 11.8 Å². The summed E-state index contributed by atoms with van der Waals surface area (Å²) in [5, 5.41) is 34.3. The molecule has 3 N–H and O–H groups in total. The summed E-state index contributed by atoms with van der Waals surface area (Å²) in [5.41, 5.74) is 4.86. The Hall–Kier alpha value is -4.71. The van der Waals surface area contributed by atoms with Gasteiger partial charge >= 0.3 is 11.9 Å². The van der Waals surface area contributed by atoms with Crippen LogP contribution in [0.25, 0.3) is 0 Å². The van der Waals surface area contributed by atoms with Crippen LogP contribution in [0.15, 0.2) is 66.2 Å². The molecule has 7 rings (SSSR count). The minimum atomic E-state index is -1.56. The first-order chi connectivity index (χ1) is 26.5. The number of hydrogen-bond acceptors (Lipinski definition) is 8.